The van der Waals surface area contributed by atoms with Gasteiger partial charge in [-0.3, -0.25) is 19.7 Å². The smallest absolute Gasteiger partial charge is 0.314 e. The fraction of sp³-hybridized carbons (Fsp3) is 0.0667. The second-order valence-corrected chi connectivity index (χ2v) is 4.41. The lowest BCUT2D eigenvalue weighted by Crippen LogP contribution is -2.29. The highest BCUT2D eigenvalue weighted by molar-refractivity contribution is 6.43. The highest BCUT2D eigenvalue weighted by Crippen LogP contribution is 2.23. The zero-order chi connectivity index (χ0) is 16.8. The van der Waals surface area contributed by atoms with Crippen molar-refractivity contribution in [1.29, 1.82) is 0 Å². The van der Waals surface area contributed by atoms with Gasteiger partial charge in [-0.2, -0.15) is 0 Å². The van der Waals surface area contributed by atoms with Gasteiger partial charge in [0.2, 0.25) is 0 Å². The number of ether oxygens (including phenoxy) is 1. The highest BCUT2D eigenvalue weighted by atomic mass is 16.6. The van der Waals surface area contributed by atoms with E-state index in [2.05, 4.69) is 10.6 Å². The molecule has 0 aliphatic rings. The van der Waals surface area contributed by atoms with Crippen LogP contribution in [0, 0.1) is 10.1 Å². The maximum atomic E-state index is 11.9. The number of amides is 2. The van der Waals surface area contributed by atoms with Crippen LogP contribution in [0.1, 0.15) is 0 Å². The zero-order valence-corrected chi connectivity index (χ0v) is 12.1. The Hall–Kier alpha value is -3.42. The van der Waals surface area contributed by atoms with E-state index in [4.69, 9.17) is 4.74 Å². The van der Waals surface area contributed by atoms with Gasteiger partial charge in [-0.15, -0.1) is 0 Å². The molecule has 2 amide bonds. The summed E-state index contributed by atoms with van der Waals surface area (Å²) in [7, 11) is 1.47. The Balaban J connectivity index is 2.09. The lowest BCUT2D eigenvalue weighted by atomic mass is 10.2. The predicted molar refractivity (Wildman–Crippen MR) is 83.3 cm³/mol. The second-order valence-electron chi connectivity index (χ2n) is 4.41. The van der Waals surface area contributed by atoms with E-state index in [9.17, 15) is 19.7 Å². The Labute approximate surface area is 131 Å². The van der Waals surface area contributed by atoms with Gasteiger partial charge in [0, 0.05) is 17.8 Å². The van der Waals surface area contributed by atoms with E-state index in [0.717, 1.165) is 0 Å². The van der Waals surface area contributed by atoms with Crippen molar-refractivity contribution < 1.29 is 19.2 Å². The zero-order valence-electron chi connectivity index (χ0n) is 12.1. The number of nitro benzene ring substituents is 1. The van der Waals surface area contributed by atoms with E-state index in [1.807, 2.05) is 0 Å². The van der Waals surface area contributed by atoms with Crippen LogP contribution >= 0.6 is 0 Å². The summed E-state index contributed by atoms with van der Waals surface area (Å²) in [5.74, 6) is -1.44. The van der Waals surface area contributed by atoms with Crippen LogP contribution in [0.5, 0.6) is 5.75 Å². The summed E-state index contributed by atoms with van der Waals surface area (Å²) in [6.45, 7) is 0. The van der Waals surface area contributed by atoms with Gasteiger partial charge < -0.3 is 15.4 Å². The normalized spacial score (nSPS) is 9.78. The van der Waals surface area contributed by atoms with Gasteiger partial charge in [0.05, 0.1) is 12.0 Å². The molecule has 0 fully saturated rings. The molecule has 2 rings (SSSR count). The summed E-state index contributed by atoms with van der Waals surface area (Å²) in [6, 6.07) is 12.0. The molecule has 2 N–H and O–H groups in total. The molecule has 8 nitrogen and oxygen atoms in total. The number of rotatable bonds is 4. The van der Waals surface area contributed by atoms with E-state index in [1.54, 1.807) is 18.2 Å². The van der Waals surface area contributed by atoms with Gasteiger partial charge in [-0.1, -0.05) is 18.2 Å². The van der Waals surface area contributed by atoms with Crippen molar-refractivity contribution >= 4 is 28.9 Å². The molecular weight excluding hydrogens is 302 g/mol. The van der Waals surface area contributed by atoms with Crippen LogP contribution < -0.4 is 15.4 Å². The van der Waals surface area contributed by atoms with Gasteiger partial charge in [0.25, 0.3) is 5.69 Å². The quantitative estimate of drug-likeness (QED) is 0.510. The average molecular weight is 315 g/mol. The Morgan fingerprint density at radius 3 is 2.43 bits per heavy atom. The van der Waals surface area contributed by atoms with Crippen LogP contribution in [0.3, 0.4) is 0 Å². The maximum Gasteiger partial charge on any atom is 0.314 e. The van der Waals surface area contributed by atoms with Gasteiger partial charge >= 0.3 is 11.8 Å². The molecule has 0 aromatic heterocycles. The largest absolute Gasteiger partial charge is 0.497 e. The summed E-state index contributed by atoms with van der Waals surface area (Å²) < 4.78 is 5.01. The van der Waals surface area contributed by atoms with Crippen molar-refractivity contribution in [3.8, 4) is 5.75 Å². The molecule has 0 atom stereocenters. The number of para-hydroxylation sites is 2. The van der Waals surface area contributed by atoms with Gasteiger partial charge in [-0.25, -0.2) is 0 Å². The van der Waals surface area contributed by atoms with E-state index >= 15 is 0 Å². The predicted octanol–water partition coefficient (Wildman–Crippen LogP) is 2.18. The third-order valence-electron chi connectivity index (χ3n) is 2.88. The van der Waals surface area contributed by atoms with Crippen LogP contribution in [0.4, 0.5) is 17.1 Å². The van der Waals surface area contributed by atoms with Crippen molar-refractivity contribution in [2.24, 2.45) is 0 Å². The van der Waals surface area contributed by atoms with Crippen molar-refractivity contribution in [2.75, 3.05) is 17.7 Å². The van der Waals surface area contributed by atoms with E-state index in [0.29, 0.717) is 11.4 Å². The molecule has 0 saturated carbocycles. The van der Waals surface area contributed by atoms with Crippen LogP contribution in [0.15, 0.2) is 48.5 Å². The van der Waals surface area contributed by atoms with Gasteiger partial charge in [-0.05, 0) is 18.2 Å². The molecule has 0 radical (unpaired) electrons. The molecule has 2 aromatic carbocycles. The minimum absolute atomic E-state index is 0.0525. The lowest BCUT2D eigenvalue weighted by Gasteiger charge is -2.08. The number of hydrogen-bond acceptors (Lipinski definition) is 5. The Bertz CT molecular complexity index is 760. The van der Waals surface area contributed by atoms with Crippen molar-refractivity contribution in [2.45, 2.75) is 0 Å². The third-order valence-corrected chi connectivity index (χ3v) is 2.88. The van der Waals surface area contributed by atoms with Crippen LogP contribution in [0.2, 0.25) is 0 Å². The Morgan fingerprint density at radius 2 is 1.74 bits per heavy atom. The number of benzene rings is 2. The maximum absolute atomic E-state index is 11.9. The number of nitrogens with one attached hydrogen (secondary N) is 2. The number of carbonyl (C=O) groups is 2. The molecule has 0 aliphatic heterocycles. The van der Waals surface area contributed by atoms with Gasteiger partial charge in [0.15, 0.2) is 0 Å². The number of carbonyl (C=O) groups excluding carboxylic acids is 2. The average Bonchev–Trinajstić information content (AvgIpc) is 2.55. The highest BCUT2D eigenvalue weighted by Gasteiger charge is 2.19. The topological polar surface area (TPSA) is 111 Å². The first-order chi connectivity index (χ1) is 11.0. The second kappa shape index (κ2) is 7.03. The molecule has 0 bridgehead atoms. The standard InChI is InChI=1S/C15H13N3O5/c1-23-11-6-4-5-10(9-11)16-14(19)15(20)17-12-7-2-3-8-13(12)18(21)22/h2-9H,1H3,(H,16,19)(H,17,20). The van der Waals surface area contributed by atoms with Crippen LogP contribution in [0.25, 0.3) is 0 Å². The summed E-state index contributed by atoms with van der Waals surface area (Å²) in [6.07, 6.45) is 0. The number of nitrogens with zero attached hydrogens (tertiary/aromatic N) is 1. The first-order valence-corrected chi connectivity index (χ1v) is 6.51. The van der Waals surface area contributed by atoms with Gasteiger partial charge in [0.1, 0.15) is 11.4 Å². The lowest BCUT2D eigenvalue weighted by molar-refractivity contribution is -0.383. The molecule has 0 unspecified atom stereocenters. The SMILES string of the molecule is COc1cccc(NC(=O)C(=O)Nc2ccccc2[N+](=O)[O-])c1. The van der Waals surface area contributed by atoms with E-state index < -0.39 is 16.7 Å². The number of anilines is 2. The van der Waals surface area contributed by atoms with Crippen LogP contribution in [-0.2, 0) is 9.59 Å². The third kappa shape index (κ3) is 4.03. The van der Waals surface area contributed by atoms with E-state index in [-0.39, 0.29) is 11.4 Å². The first-order valence-electron chi connectivity index (χ1n) is 6.51. The number of hydrogen-bond donors (Lipinski definition) is 2. The van der Waals surface area contributed by atoms with Crippen molar-refractivity contribution in [1.82, 2.24) is 0 Å². The molecule has 118 valence electrons. The monoisotopic (exact) mass is 315 g/mol. The summed E-state index contributed by atoms with van der Waals surface area (Å²) in [5, 5.41) is 15.5. The van der Waals surface area contributed by atoms with Crippen molar-refractivity contribution in [3.05, 3.63) is 58.6 Å². The summed E-state index contributed by atoms with van der Waals surface area (Å²) in [5.41, 5.74) is 0.0189. The summed E-state index contributed by atoms with van der Waals surface area (Å²) >= 11 is 0. The number of nitro groups is 1. The first kappa shape index (κ1) is 16.0. The molecule has 8 heteroatoms. The molecule has 2 aromatic rings. The number of methoxy groups -OCH3 is 1. The minimum atomic E-state index is -1.01. The molecule has 23 heavy (non-hydrogen) atoms. The molecule has 0 spiro atoms. The van der Waals surface area contributed by atoms with E-state index in [1.165, 1.54) is 37.4 Å². The molecule has 0 aliphatic carbocycles. The van der Waals surface area contributed by atoms with Crippen molar-refractivity contribution in [3.63, 3.8) is 0 Å². The Morgan fingerprint density at radius 1 is 1.04 bits per heavy atom. The Kier molecular flexibility index (Phi) is 4.88. The van der Waals surface area contributed by atoms with Crippen LogP contribution in [-0.4, -0.2) is 23.8 Å². The summed E-state index contributed by atoms with van der Waals surface area (Å²) in [4.78, 5) is 34.0. The minimum Gasteiger partial charge on any atom is -0.497 e. The fourth-order valence-corrected chi connectivity index (χ4v) is 1.81. The molecule has 0 saturated heterocycles. The fourth-order valence-electron chi connectivity index (χ4n) is 1.81. The molecular formula is C15H13N3O5. The molecule has 0 heterocycles.